The second-order valence-electron chi connectivity index (χ2n) is 4.10. The van der Waals surface area contributed by atoms with Crippen LogP contribution in [0.15, 0.2) is 12.3 Å². The van der Waals surface area contributed by atoms with E-state index in [1.165, 1.54) is 12.4 Å². The number of amides is 1. The third-order valence-electron chi connectivity index (χ3n) is 2.53. The molecule has 0 radical (unpaired) electrons. The summed E-state index contributed by atoms with van der Waals surface area (Å²) in [5.41, 5.74) is -0.554. The molecule has 6 nitrogen and oxygen atoms in total. The van der Waals surface area contributed by atoms with Crippen molar-refractivity contribution in [2.45, 2.75) is 19.1 Å². The first-order chi connectivity index (χ1) is 9.04. The lowest BCUT2D eigenvalue weighted by Gasteiger charge is -2.16. The van der Waals surface area contributed by atoms with E-state index in [0.717, 1.165) is 16.8 Å². The lowest BCUT2D eigenvalue weighted by atomic mass is 10.2. The van der Waals surface area contributed by atoms with Gasteiger partial charge in [0.1, 0.15) is 11.7 Å². The summed E-state index contributed by atoms with van der Waals surface area (Å²) in [7, 11) is 1.33. The normalized spacial score (nSPS) is 12.8. The Kier molecular flexibility index (Phi) is 4.21. The van der Waals surface area contributed by atoms with Crippen LogP contribution in [0.5, 0.6) is 0 Å². The molecule has 0 saturated heterocycles. The highest BCUT2D eigenvalue weighted by atomic mass is 19.4. The fourth-order valence-electron chi connectivity index (χ4n) is 1.38. The number of hydrogen-bond donors (Lipinski definition) is 2. The number of rotatable bonds is 4. The molecule has 2 N–H and O–H groups in total. The number of aromatic carboxylic acids is 1. The van der Waals surface area contributed by atoms with Crippen LogP contribution in [0.3, 0.4) is 0 Å². The molecule has 1 heterocycles. The minimum absolute atomic E-state index is 0.259. The Morgan fingerprint density at radius 2 is 1.90 bits per heavy atom. The third kappa shape index (κ3) is 3.37. The van der Waals surface area contributed by atoms with Crippen molar-refractivity contribution in [3.8, 4) is 0 Å². The molecule has 0 bridgehead atoms. The van der Waals surface area contributed by atoms with E-state index < -0.39 is 29.9 Å². The van der Waals surface area contributed by atoms with Crippen molar-refractivity contribution in [2.75, 3.05) is 0 Å². The Balaban J connectivity index is 2.88. The smallest absolute Gasteiger partial charge is 0.408 e. The number of Topliss-reactive ketones (excluding diaryl/α,β-unsaturated/α-hetero) is 1. The zero-order chi connectivity index (χ0) is 15.7. The van der Waals surface area contributed by atoms with Gasteiger partial charge in [-0.15, -0.1) is 0 Å². The predicted molar refractivity (Wildman–Crippen MR) is 60.4 cm³/mol. The predicted octanol–water partition coefficient (Wildman–Crippen LogP) is 0.973. The highest BCUT2D eigenvalue weighted by molar-refractivity contribution is 6.43. The maximum absolute atomic E-state index is 12.2. The summed E-state index contributed by atoms with van der Waals surface area (Å²) in [5.74, 6) is -4.00. The lowest BCUT2D eigenvalue weighted by molar-refractivity contribution is -0.156. The molecule has 0 saturated carbocycles. The maximum atomic E-state index is 12.2. The van der Waals surface area contributed by atoms with Gasteiger partial charge in [-0.1, -0.05) is 0 Å². The van der Waals surface area contributed by atoms with Gasteiger partial charge in [-0.3, -0.25) is 9.59 Å². The van der Waals surface area contributed by atoms with Crippen LogP contribution >= 0.6 is 0 Å². The summed E-state index contributed by atoms with van der Waals surface area (Å²) in [6.07, 6.45) is -3.61. The summed E-state index contributed by atoms with van der Waals surface area (Å²) < 4.78 is 37.8. The number of nitrogens with zero attached hydrogens (tertiary/aromatic N) is 1. The van der Waals surface area contributed by atoms with E-state index in [4.69, 9.17) is 5.11 Å². The summed E-state index contributed by atoms with van der Waals surface area (Å²) in [6, 6.07) is -1.26. The fraction of sp³-hybridized carbons (Fsp3) is 0.364. The Morgan fingerprint density at radius 3 is 2.30 bits per heavy atom. The Hall–Kier alpha value is -2.32. The van der Waals surface area contributed by atoms with Crippen molar-refractivity contribution >= 4 is 17.7 Å². The molecular formula is C11H11F3N2O4. The first-order valence-corrected chi connectivity index (χ1v) is 5.35. The Labute approximate surface area is 111 Å². The zero-order valence-electron chi connectivity index (χ0n) is 10.5. The van der Waals surface area contributed by atoms with E-state index in [1.54, 1.807) is 0 Å². The number of alkyl halides is 3. The first-order valence-electron chi connectivity index (χ1n) is 5.35. The first kappa shape index (κ1) is 15.7. The van der Waals surface area contributed by atoms with Crippen molar-refractivity contribution in [1.82, 2.24) is 9.88 Å². The molecule has 0 unspecified atom stereocenters. The molecule has 0 aliphatic heterocycles. The number of ketones is 1. The van der Waals surface area contributed by atoms with Gasteiger partial charge in [-0.25, -0.2) is 4.79 Å². The number of carbonyl (C=O) groups is 3. The summed E-state index contributed by atoms with van der Waals surface area (Å²) in [6.45, 7) is 0.693. The highest BCUT2D eigenvalue weighted by Gasteiger charge is 2.38. The van der Waals surface area contributed by atoms with Gasteiger partial charge in [0.05, 0.1) is 0 Å². The number of carboxylic acid groups (broad SMARTS) is 1. The van der Waals surface area contributed by atoms with Gasteiger partial charge in [0.25, 0.3) is 11.7 Å². The number of nitrogens with one attached hydrogen (secondary N) is 1. The van der Waals surface area contributed by atoms with Gasteiger partial charge < -0.3 is 15.0 Å². The summed E-state index contributed by atoms with van der Waals surface area (Å²) in [4.78, 5) is 33.7. The van der Waals surface area contributed by atoms with E-state index in [9.17, 15) is 27.6 Å². The highest BCUT2D eigenvalue weighted by Crippen LogP contribution is 2.19. The lowest BCUT2D eigenvalue weighted by Crippen LogP contribution is -2.45. The monoisotopic (exact) mass is 292 g/mol. The molecule has 20 heavy (non-hydrogen) atoms. The molecule has 1 atom stereocenters. The Bertz CT molecular complexity index is 563. The summed E-state index contributed by atoms with van der Waals surface area (Å²) in [5, 5.41) is 10.3. The molecule has 0 aliphatic rings. The van der Waals surface area contributed by atoms with Crippen LogP contribution in [0.2, 0.25) is 0 Å². The minimum Gasteiger partial charge on any atom is -0.477 e. The largest absolute Gasteiger partial charge is 0.477 e. The standard InChI is InChI=1S/C11H11F3N2O4/c1-5(11(12,13)14)15-9(18)8(17)6-3-7(10(19)20)16(2)4-6/h3-5H,1-2H3,(H,15,18)(H,19,20)/t5-/m1/s1. The van der Waals surface area contributed by atoms with Crippen molar-refractivity contribution < 1.29 is 32.7 Å². The molecular weight excluding hydrogens is 281 g/mol. The van der Waals surface area contributed by atoms with Crippen LogP contribution in [-0.4, -0.2) is 39.6 Å². The van der Waals surface area contributed by atoms with Crippen molar-refractivity contribution in [3.05, 3.63) is 23.5 Å². The van der Waals surface area contributed by atoms with E-state index in [0.29, 0.717) is 6.92 Å². The molecule has 9 heteroatoms. The molecule has 1 amide bonds. The fourth-order valence-corrected chi connectivity index (χ4v) is 1.38. The minimum atomic E-state index is -4.67. The van der Waals surface area contributed by atoms with Crippen molar-refractivity contribution in [2.24, 2.45) is 7.05 Å². The van der Waals surface area contributed by atoms with Gasteiger partial charge in [0.15, 0.2) is 0 Å². The van der Waals surface area contributed by atoms with Gasteiger partial charge in [0, 0.05) is 18.8 Å². The average molecular weight is 292 g/mol. The maximum Gasteiger partial charge on any atom is 0.408 e. The number of aromatic nitrogens is 1. The van der Waals surface area contributed by atoms with Gasteiger partial charge >= 0.3 is 12.1 Å². The van der Waals surface area contributed by atoms with Gasteiger partial charge in [-0.2, -0.15) is 13.2 Å². The molecule has 0 fully saturated rings. The van der Waals surface area contributed by atoms with E-state index in [-0.39, 0.29) is 11.3 Å². The topological polar surface area (TPSA) is 88.4 Å². The van der Waals surface area contributed by atoms with Crippen LogP contribution in [0.1, 0.15) is 27.8 Å². The van der Waals surface area contributed by atoms with Crippen LogP contribution in [-0.2, 0) is 11.8 Å². The molecule has 0 aliphatic carbocycles. The molecule has 0 aromatic carbocycles. The molecule has 110 valence electrons. The van der Waals surface area contributed by atoms with Crippen LogP contribution in [0, 0.1) is 0 Å². The number of carbonyl (C=O) groups excluding carboxylic acids is 2. The Morgan fingerprint density at radius 1 is 1.35 bits per heavy atom. The summed E-state index contributed by atoms with van der Waals surface area (Å²) >= 11 is 0. The number of halogens is 3. The molecule has 1 aromatic heterocycles. The van der Waals surface area contributed by atoms with Gasteiger partial charge in [-0.05, 0) is 13.0 Å². The van der Waals surface area contributed by atoms with E-state index >= 15 is 0 Å². The number of aryl methyl sites for hydroxylation is 1. The van der Waals surface area contributed by atoms with Crippen molar-refractivity contribution in [1.29, 1.82) is 0 Å². The van der Waals surface area contributed by atoms with Crippen LogP contribution in [0.4, 0.5) is 13.2 Å². The molecule has 0 spiro atoms. The SMILES string of the molecule is C[C@@H](NC(=O)C(=O)c1cc(C(=O)O)n(C)c1)C(F)(F)F. The molecule has 1 rings (SSSR count). The quantitative estimate of drug-likeness (QED) is 0.639. The van der Waals surface area contributed by atoms with E-state index in [2.05, 4.69) is 0 Å². The van der Waals surface area contributed by atoms with Gasteiger partial charge in [0.2, 0.25) is 0 Å². The van der Waals surface area contributed by atoms with Crippen LogP contribution < -0.4 is 5.32 Å². The second-order valence-corrected chi connectivity index (χ2v) is 4.10. The average Bonchev–Trinajstić information content (AvgIpc) is 2.68. The number of carboxylic acids is 1. The molecule has 1 aromatic rings. The van der Waals surface area contributed by atoms with Crippen molar-refractivity contribution in [3.63, 3.8) is 0 Å². The second kappa shape index (κ2) is 5.35. The number of hydrogen-bond acceptors (Lipinski definition) is 3. The zero-order valence-corrected chi connectivity index (χ0v) is 10.5. The van der Waals surface area contributed by atoms with E-state index in [1.807, 2.05) is 0 Å². The van der Waals surface area contributed by atoms with Crippen LogP contribution in [0.25, 0.3) is 0 Å². The third-order valence-corrected chi connectivity index (χ3v) is 2.53.